The average molecular weight is 391 g/mol. The molecule has 140 valence electrons. The number of alkyl halides is 3. The molecule has 0 unspecified atom stereocenters. The first-order valence-corrected chi connectivity index (χ1v) is 8.95. The van der Waals surface area contributed by atoms with Crippen LogP contribution in [0.15, 0.2) is 47.4 Å². The molecule has 2 amide bonds. The number of carbonyl (C=O) groups is 2. The number of imide groups is 1. The van der Waals surface area contributed by atoms with Gasteiger partial charge in [0.2, 0.25) is 0 Å². The van der Waals surface area contributed by atoms with Gasteiger partial charge in [0.1, 0.15) is 0 Å². The number of benzene rings is 2. The Labute approximate surface area is 158 Å². The van der Waals surface area contributed by atoms with Crippen molar-refractivity contribution >= 4 is 29.0 Å². The Bertz CT molecular complexity index is 913. The first kappa shape index (κ1) is 19.2. The fourth-order valence-electron chi connectivity index (χ4n) is 2.90. The smallest absolute Gasteiger partial charge is 0.268 e. The molecule has 0 spiro atoms. The second-order valence-electron chi connectivity index (χ2n) is 6.38. The zero-order chi connectivity index (χ0) is 19.8. The summed E-state index contributed by atoms with van der Waals surface area (Å²) in [6.07, 6.45) is -2.98. The van der Waals surface area contributed by atoms with E-state index in [9.17, 15) is 22.8 Å². The number of hydrogen-bond donors (Lipinski definition) is 0. The van der Waals surface area contributed by atoms with E-state index in [1.54, 1.807) is 0 Å². The van der Waals surface area contributed by atoms with Crippen molar-refractivity contribution in [2.75, 3.05) is 0 Å². The quantitative estimate of drug-likeness (QED) is 0.643. The van der Waals surface area contributed by atoms with E-state index in [0.717, 1.165) is 45.5 Å². The van der Waals surface area contributed by atoms with Gasteiger partial charge in [-0.25, -0.2) is 0 Å². The molecule has 0 N–H and O–H groups in total. The van der Waals surface area contributed by atoms with Crippen LogP contribution in [0.2, 0.25) is 0 Å². The molecule has 1 saturated heterocycles. The van der Waals surface area contributed by atoms with E-state index >= 15 is 0 Å². The Morgan fingerprint density at radius 1 is 1.00 bits per heavy atom. The number of rotatable bonds is 3. The molecular weight excluding hydrogens is 375 g/mol. The minimum Gasteiger partial charge on any atom is -0.268 e. The van der Waals surface area contributed by atoms with Crippen LogP contribution >= 0.6 is 11.8 Å². The van der Waals surface area contributed by atoms with Gasteiger partial charge in [-0.3, -0.25) is 14.5 Å². The van der Waals surface area contributed by atoms with Crippen molar-refractivity contribution < 1.29 is 22.8 Å². The largest absolute Gasteiger partial charge is 0.416 e. The summed E-state index contributed by atoms with van der Waals surface area (Å²) in [7, 11) is 0. The van der Waals surface area contributed by atoms with E-state index in [-0.39, 0.29) is 11.4 Å². The van der Waals surface area contributed by atoms with Crippen LogP contribution in [0.5, 0.6) is 0 Å². The SMILES string of the molecule is Cc1cc(C)cc(CN2C(=O)S/C(=C/c3ccc(C(F)(F)F)cc3)C2=O)c1. The number of aryl methyl sites for hydroxylation is 2. The molecule has 7 heteroatoms. The van der Waals surface area contributed by atoms with Gasteiger partial charge in [-0.1, -0.05) is 41.5 Å². The lowest BCUT2D eigenvalue weighted by molar-refractivity contribution is -0.137. The maximum absolute atomic E-state index is 12.6. The minimum atomic E-state index is -4.41. The Hall–Kier alpha value is -2.54. The van der Waals surface area contributed by atoms with E-state index in [0.29, 0.717) is 5.56 Å². The third-order valence-electron chi connectivity index (χ3n) is 4.03. The zero-order valence-electron chi connectivity index (χ0n) is 14.6. The average Bonchev–Trinajstić information content (AvgIpc) is 2.81. The summed E-state index contributed by atoms with van der Waals surface area (Å²) in [6, 6.07) is 10.3. The Kier molecular flexibility index (Phi) is 5.15. The summed E-state index contributed by atoms with van der Waals surface area (Å²) >= 11 is 0.790. The number of nitrogens with zero attached hydrogens (tertiary/aromatic N) is 1. The van der Waals surface area contributed by atoms with Crippen molar-refractivity contribution in [3.63, 3.8) is 0 Å². The number of carbonyl (C=O) groups excluding carboxylic acids is 2. The highest BCUT2D eigenvalue weighted by molar-refractivity contribution is 8.18. The normalized spacial score (nSPS) is 16.5. The molecule has 0 bridgehead atoms. The van der Waals surface area contributed by atoms with Gasteiger partial charge in [-0.2, -0.15) is 13.2 Å². The lowest BCUT2D eigenvalue weighted by Crippen LogP contribution is -2.27. The topological polar surface area (TPSA) is 37.4 Å². The molecule has 0 atom stereocenters. The Morgan fingerprint density at radius 2 is 1.59 bits per heavy atom. The van der Waals surface area contributed by atoms with Crippen molar-refractivity contribution in [2.45, 2.75) is 26.6 Å². The van der Waals surface area contributed by atoms with Crippen LogP contribution in [0.1, 0.15) is 27.8 Å². The van der Waals surface area contributed by atoms with E-state index in [1.165, 1.54) is 18.2 Å². The van der Waals surface area contributed by atoms with Crippen molar-refractivity contribution in [3.05, 3.63) is 75.2 Å². The minimum absolute atomic E-state index is 0.164. The molecule has 1 heterocycles. The summed E-state index contributed by atoms with van der Waals surface area (Å²) < 4.78 is 37.9. The number of hydrogen-bond acceptors (Lipinski definition) is 3. The molecule has 3 rings (SSSR count). The van der Waals surface area contributed by atoms with Crippen molar-refractivity contribution in [2.24, 2.45) is 0 Å². The van der Waals surface area contributed by atoms with Gasteiger partial charge in [0, 0.05) is 0 Å². The highest BCUT2D eigenvalue weighted by Gasteiger charge is 2.35. The van der Waals surface area contributed by atoms with Crippen LogP contribution in [-0.4, -0.2) is 16.0 Å². The monoisotopic (exact) mass is 391 g/mol. The van der Waals surface area contributed by atoms with Gasteiger partial charge in [0.15, 0.2) is 0 Å². The molecule has 0 aromatic heterocycles. The highest BCUT2D eigenvalue weighted by atomic mass is 32.2. The number of halogens is 3. The van der Waals surface area contributed by atoms with Gasteiger partial charge in [-0.05, 0) is 54.9 Å². The first-order valence-electron chi connectivity index (χ1n) is 8.13. The maximum Gasteiger partial charge on any atom is 0.416 e. The molecule has 27 heavy (non-hydrogen) atoms. The molecular formula is C20H16F3NO2S. The number of amides is 2. The van der Waals surface area contributed by atoms with Crippen LogP contribution in [0, 0.1) is 13.8 Å². The van der Waals surface area contributed by atoms with Crippen LogP contribution in [0.25, 0.3) is 6.08 Å². The first-order chi connectivity index (χ1) is 12.6. The maximum atomic E-state index is 12.6. The van der Waals surface area contributed by atoms with Crippen LogP contribution < -0.4 is 0 Å². The molecule has 1 aliphatic rings. The summed E-state index contributed by atoms with van der Waals surface area (Å²) in [6.45, 7) is 4.04. The summed E-state index contributed by atoms with van der Waals surface area (Å²) in [5.74, 6) is -0.441. The molecule has 1 fully saturated rings. The summed E-state index contributed by atoms with van der Waals surface area (Å²) in [5, 5.41) is -0.391. The molecule has 2 aromatic carbocycles. The predicted octanol–water partition coefficient (Wildman–Crippen LogP) is 5.56. The standard InChI is InChI=1S/C20H16F3NO2S/c1-12-7-13(2)9-15(8-12)11-24-18(25)17(27-19(24)26)10-14-3-5-16(6-4-14)20(21,22)23/h3-10H,11H2,1-2H3/b17-10+. The second-order valence-corrected chi connectivity index (χ2v) is 7.38. The van der Waals surface area contributed by atoms with E-state index in [2.05, 4.69) is 0 Å². The third kappa shape index (κ3) is 4.42. The van der Waals surface area contributed by atoms with E-state index in [1.807, 2.05) is 32.0 Å². The summed E-state index contributed by atoms with van der Waals surface area (Å²) in [4.78, 5) is 26.1. The van der Waals surface area contributed by atoms with Gasteiger partial charge in [0.25, 0.3) is 11.1 Å². The second kappa shape index (κ2) is 7.23. The Balaban J connectivity index is 1.80. The number of thioether (sulfide) groups is 1. The van der Waals surface area contributed by atoms with Gasteiger partial charge in [-0.15, -0.1) is 0 Å². The van der Waals surface area contributed by atoms with Crippen molar-refractivity contribution in [3.8, 4) is 0 Å². The lowest BCUT2D eigenvalue weighted by atomic mass is 10.1. The van der Waals surface area contributed by atoms with Gasteiger partial charge < -0.3 is 0 Å². The molecule has 0 saturated carbocycles. The van der Waals surface area contributed by atoms with Gasteiger partial charge in [0.05, 0.1) is 17.0 Å². The van der Waals surface area contributed by atoms with Crippen molar-refractivity contribution in [1.29, 1.82) is 0 Å². The fraction of sp³-hybridized carbons (Fsp3) is 0.200. The molecule has 3 nitrogen and oxygen atoms in total. The zero-order valence-corrected chi connectivity index (χ0v) is 15.4. The molecule has 2 aromatic rings. The molecule has 0 aliphatic carbocycles. The van der Waals surface area contributed by atoms with Crippen LogP contribution in [0.4, 0.5) is 18.0 Å². The highest BCUT2D eigenvalue weighted by Crippen LogP contribution is 2.34. The Morgan fingerprint density at radius 3 is 2.15 bits per heavy atom. The molecule has 1 aliphatic heterocycles. The molecule has 0 radical (unpaired) electrons. The van der Waals surface area contributed by atoms with E-state index < -0.39 is 22.9 Å². The van der Waals surface area contributed by atoms with Crippen molar-refractivity contribution in [1.82, 2.24) is 4.90 Å². The van der Waals surface area contributed by atoms with Crippen LogP contribution in [-0.2, 0) is 17.5 Å². The summed E-state index contributed by atoms with van der Waals surface area (Å²) in [5.41, 5.74) is 2.60. The predicted molar refractivity (Wildman–Crippen MR) is 98.9 cm³/mol. The van der Waals surface area contributed by atoms with E-state index in [4.69, 9.17) is 0 Å². The lowest BCUT2D eigenvalue weighted by Gasteiger charge is -2.13. The van der Waals surface area contributed by atoms with Crippen LogP contribution in [0.3, 0.4) is 0 Å². The third-order valence-corrected chi connectivity index (χ3v) is 4.94. The van der Waals surface area contributed by atoms with Gasteiger partial charge >= 0.3 is 6.18 Å². The fourth-order valence-corrected chi connectivity index (χ4v) is 3.74.